The molecule has 16 N–H and O–H groups in total. The third kappa shape index (κ3) is 18.3. The quantitative estimate of drug-likeness (QED) is 0.0271. The van der Waals surface area contributed by atoms with Gasteiger partial charge in [-0.1, -0.05) is 89.9 Å². The van der Waals surface area contributed by atoms with E-state index in [0.29, 0.717) is 29.7 Å². The number of rotatable bonds is 17. The third-order valence-electron chi connectivity index (χ3n) is 12.2. The van der Waals surface area contributed by atoms with Crippen LogP contribution in [0.4, 0.5) is 0 Å². The van der Waals surface area contributed by atoms with Gasteiger partial charge in [-0.2, -0.15) is 0 Å². The zero-order chi connectivity index (χ0) is 55.4. The molecule has 3 heterocycles. The van der Waals surface area contributed by atoms with Crippen LogP contribution in [0.5, 0.6) is 0 Å². The molecule has 24 nitrogen and oxygen atoms in total. The fourth-order valence-corrected chi connectivity index (χ4v) is 10.4. The van der Waals surface area contributed by atoms with Crippen molar-refractivity contribution in [2.45, 2.75) is 127 Å². The monoisotopic (exact) mass is 1090 g/mol. The minimum absolute atomic E-state index is 0.0487. The molecule has 4 aromatic rings. The highest BCUT2D eigenvalue weighted by Gasteiger charge is 2.38. The molecule has 1 fully saturated rings. The second kappa shape index (κ2) is 28.9. The number of nitrogens with two attached hydrogens (primary N) is 3. The molecule has 0 unspecified atom stereocenters. The molecule has 1 saturated heterocycles. The van der Waals surface area contributed by atoms with Gasteiger partial charge in [-0.25, -0.2) is 4.98 Å². The molecular formula is C50H69N15O9S2. The summed E-state index contributed by atoms with van der Waals surface area (Å²) in [5, 5.41) is 22.5. The predicted octanol–water partition coefficient (Wildman–Crippen LogP) is -0.649. The molecule has 0 bridgehead atoms. The number of H-pyrrole nitrogens is 2. The molecule has 2 aromatic heterocycles. The molecular weight excluding hydrogens is 1020 g/mol. The molecule has 0 saturated carbocycles. The third-order valence-corrected chi connectivity index (χ3v) is 14.6. The number of para-hydroxylation sites is 1. The van der Waals surface area contributed by atoms with E-state index in [2.05, 4.69) is 62.5 Å². The number of amides is 9. The lowest BCUT2D eigenvalue weighted by Gasteiger charge is -2.31. The maximum atomic E-state index is 14.7. The van der Waals surface area contributed by atoms with Crippen molar-refractivity contribution in [3.63, 3.8) is 0 Å². The summed E-state index contributed by atoms with van der Waals surface area (Å²) in [4.78, 5) is 140. The van der Waals surface area contributed by atoms with Crippen molar-refractivity contribution in [2.75, 3.05) is 18.1 Å². The fraction of sp³-hybridized carbons (Fsp3) is 0.460. The van der Waals surface area contributed by atoms with Crippen LogP contribution in [0.2, 0.25) is 0 Å². The number of guanidine groups is 1. The summed E-state index contributed by atoms with van der Waals surface area (Å²) in [5.41, 5.74) is 17.7. The Kier molecular flexibility index (Phi) is 22.5. The van der Waals surface area contributed by atoms with Gasteiger partial charge in [-0.3, -0.25) is 48.1 Å². The van der Waals surface area contributed by atoms with Crippen molar-refractivity contribution >= 4 is 91.6 Å². The first-order valence-electron chi connectivity index (χ1n) is 24.8. The average Bonchev–Trinajstić information content (AvgIpc) is 4.05. The summed E-state index contributed by atoms with van der Waals surface area (Å²) in [5.74, 6) is -7.40. The summed E-state index contributed by atoms with van der Waals surface area (Å²) in [7, 11) is 2.09. The number of aliphatic imine (C=N–C) groups is 1. The Balaban J connectivity index is 1.58. The number of fused-ring (bicyclic) bond motifs is 1. The average molecular weight is 1090 g/mol. The molecule has 76 heavy (non-hydrogen) atoms. The number of imidazole rings is 1. The summed E-state index contributed by atoms with van der Waals surface area (Å²) in [6.07, 6.45) is 5.86. The minimum Gasteiger partial charge on any atom is -0.370 e. The second-order valence-corrected chi connectivity index (χ2v) is 21.3. The van der Waals surface area contributed by atoms with Crippen molar-refractivity contribution in [1.82, 2.24) is 57.5 Å². The van der Waals surface area contributed by atoms with E-state index in [4.69, 9.17) is 17.2 Å². The van der Waals surface area contributed by atoms with Crippen LogP contribution in [0.15, 0.2) is 78.3 Å². The number of carbonyl (C=O) groups is 9. The summed E-state index contributed by atoms with van der Waals surface area (Å²) >= 11 is 0. The van der Waals surface area contributed by atoms with E-state index in [1.807, 2.05) is 31.2 Å². The first-order valence-corrected chi connectivity index (χ1v) is 27.3. The first kappa shape index (κ1) is 59.3. The van der Waals surface area contributed by atoms with Gasteiger partial charge in [0.15, 0.2) is 5.96 Å². The number of hydrogen-bond donors (Lipinski definition) is 13. The molecule has 5 rings (SSSR count). The topological polar surface area (TPSA) is 385 Å². The van der Waals surface area contributed by atoms with Crippen LogP contribution >= 0.6 is 21.6 Å². The maximum Gasteiger partial charge on any atom is 0.245 e. The van der Waals surface area contributed by atoms with Gasteiger partial charge in [0.25, 0.3) is 0 Å². The van der Waals surface area contributed by atoms with Crippen molar-refractivity contribution in [3.05, 3.63) is 90.1 Å². The van der Waals surface area contributed by atoms with Crippen LogP contribution in [0, 0.1) is 0 Å². The van der Waals surface area contributed by atoms with Crippen molar-refractivity contribution in [3.8, 4) is 0 Å². The molecule has 0 radical (unpaired) electrons. The molecule has 26 heteroatoms. The number of nitrogens with zero attached hydrogens (tertiary/aromatic N) is 2. The molecule has 1 aliphatic heterocycles. The van der Waals surface area contributed by atoms with E-state index in [-0.39, 0.29) is 62.5 Å². The van der Waals surface area contributed by atoms with Gasteiger partial charge in [-0.05, 0) is 50.3 Å². The summed E-state index contributed by atoms with van der Waals surface area (Å²) < 4.78 is 0. The summed E-state index contributed by atoms with van der Waals surface area (Å²) in [6.45, 7) is 6.03. The van der Waals surface area contributed by atoms with Crippen molar-refractivity contribution in [2.24, 2.45) is 22.2 Å². The van der Waals surface area contributed by atoms with Gasteiger partial charge in [-0.15, -0.1) is 0 Å². The van der Waals surface area contributed by atoms with Crippen LogP contribution < -0.4 is 59.7 Å². The largest absolute Gasteiger partial charge is 0.370 e. The van der Waals surface area contributed by atoms with Gasteiger partial charge in [0.05, 0.1) is 6.33 Å². The molecule has 7 atom stereocenters. The number of benzene rings is 2. The molecule has 1 aliphatic rings. The van der Waals surface area contributed by atoms with Crippen LogP contribution in [0.1, 0.15) is 76.6 Å². The Hall–Kier alpha value is -7.61. The molecule has 0 aliphatic carbocycles. The lowest BCUT2D eigenvalue weighted by molar-refractivity contribution is -0.137. The number of primary amides is 1. The smallest absolute Gasteiger partial charge is 0.245 e. The molecule has 2 aromatic carbocycles. The van der Waals surface area contributed by atoms with Gasteiger partial charge in [0, 0.05) is 73.2 Å². The lowest BCUT2D eigenvalue weighted by atomic mass is 10.0. The lowest BCUT2D eigenvalue weighted by Crippen LogP contribution is -2.63. The van der Waals surface area contributed by atoms with Crippen LogP contribution in [-0.2, 0) is 62.4 Å². The maximum absolute atomic E-state index is 14.7. The summed E-state index contributed by atoms with van der Waals surface area (Å²) in [6, 6.07) is 6.88. The van der Waals surface area contributed by atoms with Crippen molar-refractivity contribution in [1.29, 1.82) is 0 Å². The number of aromatic nitrogens is 3. The van der Waals surface area contributed by atoms with E-state index in [1.165, 1.54) is 33.3 Å². The van der Waals surface area contributed by atoms with E-state index in [9.17, 15) is 43.2 Å². The number of nitrogens with one attached hydrogen (secondary N) is 10. The predicted molar refractivity (Wildman–Crippen MR) is 289 cm³/mol. The van der Waals surface area contributed by atoms with Gasteiger partial charge in [0.2, 0.25) is 53.2 Å². The normalized spacial score (nSPS) is 21.8. The zero-order valence-electron chi connectivity index (χ0n) is 42.9. The van der Waals surface area contributed by atoms with E-state index in [0.717, 1.165) is 32.5 Å². The highest BCUT2D eigenvalue weighted by Crippen LogP contribution is 2.25. The van der Waals surface area contributed by atoms with Gasteiger partial charge >= 0.3 is 0 Å². The SMILES string of the molecule is CCCC[C@H](NC(C)=O)C(=O)N[C@H]1CSSC[C@H](C(N)=O)NC(=O)[C@H](Cc2c[nH]c3ccccc23)NC(=O)[C@H](CCCN=C(N)N)NC(=O)[C@@H](Cc2ccccc2)NC(=O)[C@H](Cc2cnc[nH]2)NC(=O)C(C)(C)NC1=O. The van der Waals surface area contributed by atoms with E-state index in [1.54, 1.807) is 36.5 Å². The Morgan fingerprint density at radius 3 is 2.05 bits per heavy atom. The van der Waals surface area contributed by atoms with Crippen LogP contribution in [0.3, 0.4) is 0 Å². The Morgan fingerprint density at radius 1 is 0.763 bits per heavy atom. The highest BCUT2D eigenvalue weighted by molar-refractivity contribution is 8.76. The highest BCUT2D eigenvalue weighted by atomic mass is 33.1. The number of carbonyl (C=O) groups excluding carboxylic acids is 9. The fourth-order valence-electron chi connectivity index (χ4n) is 8.07. The Labute approximate surface area is 447 Å². The van der Waals surface area contributed by atoms with Crippen LogP contribution in [-0.4, -0.2) is 140 Å². The van der Waals surface area contributed by atoms with Crippen molar-refractivity contribution < 1.29 is 43.2 Å². The van der Waals surface area contributed by atoms with E-state index < -0.39 is 101 Å². The van der Waals surface area contributed by atoms with E-state index >= 15 is 0 Å². The molecule has 0 spiro atoms. The minimum atomic E-state index is -1.76. The number of aromatic amines is 2. The Morgan fingerprint density at radius 2 is 1.39 bits per heavy atom. The molecule has 410 valence electrons. The van der Waals surface area contributed by atoms with Crippen LogP contribution in [0.25, 0.3) is 10.9 Å². The first-order chi connectivity index (χ1) is 36.2. The van der Waals surface area contributed by atoms with Gasteiger partial charge < -0.3 is 69.7 Å². The molecule has 9 amide bonds. The second-order valence-electron chi connectivity index (χ2n) is 18.8. The van der Waals surface area contributed by atoms with Gasteiger partial charge in [0.1, 0.15) is 47.8 Å². The Bertz CT molecular complexity index is 2680. The number of unbranched alkanes of at least 4 members (excludes halogenated alkanes) is 1. The number of hydrogen-bond acceptors (Lipinski definition) is 13. The zero-order valence-corrected chi connectivity index (χ0v) is 44.5. The standard InChI is InChI=1S/C50H69N15O9S2/c1-5-6-16-34(58-28(2)66)42(68)63-40-26-76-75-25-39(41(51)67)62-45(71)37(21-30-23-56-33-17-11-10-15-32(30)33)61-43(69)35(18-12-19-55-49(52)53)59-44(70)36(20-29-13-8-7-9-14-29)60-46(72)38(22-31-24-54-27-57-31)64-48(74)50(3,4)65-47(40)73/h7-11,13-15,17,23-24,27,34-40,56H,5-6,12,16,18-22,25-26H2,1-4H3,(H2,51,67)(H,54,57)(H,58,66)(H,59,70)(H,60,72)(H,61,69)(H,62,71)(H,63,68)(H,64,74)(H,65,73)(H4,52,53,55)/t34-,35-,36+,37-,38-,39+,40-/m0/s1.